The zero-order valence-corrected chi connectivity index (χ0v) is 10.3. The summed E-state index contributed by atoms with van der Waals surface area (Å²) in [5.41, 5.74) is 0. The summed E-state index contributed by atoms with van der Waals surface area (Å²) < 4.78 is 0. The first-order chi connectivity index (χ1) is 7.40. The van der Waals surface area contributed by atoms with Gasteiger partial charge < -0.3 is 10.0 Å². The van der Waals surface area contributed by atoms with Crippen LogP contribution in [0.2, 0.25) is 0 Å². The maximum atomic E-state index is 11.9. The fourth-order valence-corrected chi connectivity index (χ4v) is 2.21. The number of carboxylic acids is 1. The van der Waals surface area contributed by atoms with E-state index in [9.17, 15) is 9.59 Å². The number of likely N-dealkylation sites (tertiary alicyclic amines) is 1. The van der Waals surface area contributed by atoms with Crippen molar-refractivity contribution in [3.8, 4) is 0 Å². The van der Waals surface area contributed by atoms with Crippen molar-refractivity contribution < 1.29 is 14.7 Å². The number of carbonyl (C=O) groups excluding carboxylic acids is 1. The second-order valence-electron chi connectivity index (χ2n) is 5.27. The molecule has 0 aliphatic carbocycles. The van der Waals surface area contributed by atoms with Gasteiger partial charge in [0.05, 0.1) is 5.92 Å². The van der Waals surface area contributed by atoms with E-state index in [-0.39, 0.29) is 17.7 Å². The largest absolute Gasteiger partial charge is 0.481 e. The van der Waals surface area contributed by atoms with Crippen LogP contribution in [0.25, 0.3) is 0 Å². The first-order valence-corrected chi connectivity index (χ1v) is 5.90. The number of piperidine rings is 1. The average Bonchev–Trinajstić information content (AvgIpc) is 2.15. The molecule has 0 aromatic heterocycles. The molecular formula is C12H21NO3. The van der Waals surface area contributed by atoms with Gasteiger partial charge in [0.25, 0.3) is 0 Å². The normalized spacial score (nSPS) is 25.9. The van der Waals surface area contributed by atoms with Crippen molar-refractivity contribution in [2.45, 2.75) is 33.6 Å². The molecular weight excluding hydrogens is 206 g/mol. The van der Waals surface area contributed by atoms with Gasteiger partial charge in [-0.1, -0.05) is 20.8 Å². The monoisotopic (exact) mass is 227 g/mol. The Balaban J connectivity index is 2.59. The fourth-order valence-electron chi connectivity index (χ4n) is 2.21. The van der Waals surface area contributed by atoms with Gasteiger partial charge in [0.2, 0.25) is 5.91 Å². The number of rotatable bonds is 3. The summed E-state index contributed by atoms with van der Waals surface area (Å²) in [7, 11) is 0. The van der Waals surface area contributed by atoms with Gasteiger partial charge in [0.15, 0.2) is 0 Å². The molecule has 0 bridgehead atoms. The summed E-state index contributed by atoms with van der Waals surface area (Å²) in [5.74, 6) is -0.472. The molecule has 16 heavy (non-hydrogen) atoms. The Hall–Kier alpha value is -1.06. The number of carboxylic acid groups (broad SMARTS) is 1. The molecule has 1 heterocycles. The van der Waals surface area contributed by atoms with Crippen LogP contribution in [0.15, 0.2) is 0 Å². The van der Waals surface area contributed by atoms with E-state index in [1.165, 1.54) is 0 Å². The van der Waals surface area contributed by atoms with Gasteiger partial charge >= 0.3 is 5.97 Å². The first-order valence-electron chi connectivity index (χ1n) is 5.90. The molecule has 1 aliphatic rings. The second kappa shape index (κ2) is 5.32. The minimum atomic E-state index is -0.783. The van der Waals surface area contributed by atoms with Crippen LogP contribution in [0.4, 0.5) is 0 Å². The van der Waals surface area contributed by atoms with Crippen LogP contribution < -0.4 is 0 Å². The van der Waals surface area contributed by atoms with E-state index in [4.69, 9.17) is 5.11 Å². The zero-order chi connectivity index (χ0) is 12.3. The number of hydrogen-bond acceptors (Lipinski definition) is 2. The zero-order valence-electron chi connectivity index (χ0n) is 10.3. The van der Waals surface area contributed by atoms with Crippen LogP contribution in [-0.2, 0) is 9.59 Å². The lowest BCUT2D eigenvalue weighted by molar-refractivity contribution is -0.147. The summed E-state index contributed by atoms with van der Waals surface area (Å²) >= 11 is 0. The Labute approximate surface area is 96.6 Å². The Morgan fingerprint density at radius 1 is 1.38 bits per heavy atom. The molecule has 4 nitrogen and oxygen atoms in total. The smallest absolute Gasteiger partial charge is 0.308 e. The van der Waals surface area contributed by atoms with Crippen molar-refractivity contribution in [2.75, 3.05) is 13.1 Å². The maximum Gasteiger partial charge on any atom is 0.308 e. The molecule has 1 fully saturated rings. The third kappa shape index (κ3) is 3.51. The molecule has 2 atom stereocenters. The van der Waals surface area contributed by atoms with Crippen LogP contribution in [0.1, 0.15) is 33.6 Å². The van der Waals surface area contributed by atoms with Gasteiger partial charge in [-0.05, 0) is 18.3 Å². The van der Waals surface area contributed by atoms with Crippen molar-refractivity contribution in [1.82, 2.24) is 4.90 Å². The predicted molar refractivity (Wildman–Crippen MR) is 60.9 cm³/mol. The van der Waals surface area contributed by atoms with Crippen molar-refractivity contribution in [1.29, 1.82) is 0 Å². The second-order valence-corrected chi connectivity index (χ2v) is 5.27. The van der Waals surface area contributed by atoms with Gasteiger partial charge in [0, 0.05) is 19.5 Å². The van der Waals surface area contributed by atoms with Gasteiger partial charge in [-0.15, -0.1) is 0 Å². The van der Waals surface area contributed by atoms with Crippen LogP contribution >= 0.6 is 0 Å². The molecule has 1 rings (SSSR count). The Bertz CT molecular complexity index is 275. The van der Waals surface area contributed by atoms with Gasteiger partial charge in [-0.3, -0.25) is 9.59 Å². The highest BCUT2D eigenvalue weighted by atomic mass is 16.4. The van der Waals surface area contributed by atoms with Gasteiger partial charge in [-0.25, -0.2) is 0 Å². The minimum Gasteiger partial charge on any atom is -0.481 e. The topological polar surface area (TPSA) is 57.6 Å². The lowest BCUT2D eigenvalue weighted by Gasteiger charge is -2.35. The lowest BCUT2D eigenvalue weighted by Crippen LogP contribution is -2.45. The molecule has 0 saturated carbocycles. The van der Waals surface area contributed by atoms with Crippen LogP contribution in [-0.4, -0.2) is 35.0 Å². The highest BCUT2D eigenvalue weighted by Crippen LogP contribution is 2.22. The molecule has 1 N–H and O–H groups in total. The highest BCUT2D eigenvalue weighted by molar-refractivity contribution is 5.78. The number of amides is 1. The number of hydrogen-bond donors (Lipinski definition) is 1. The van der Waals surface area contributed by atoms with Crippen molar-refractivity contribution in [2.24, 2.45) is 17.8 Å². The van der Waals surface area contributed by atoms with Crippen molar-refractivity contribution >= 4 is 11.9 Å². The predicted octanol–water partition coefficient (Wildman–Crippen LogP) is 1.60. The highest BCUT2D eigenvalue weighted by Gasteiger charge is 2.31. The molecule has 0 radical (unpaired) electrons. The van der Waals surface area contributed by atoms with Crippen LogP contribution in [0.3, 0.4) is 0 Å². The van der Waals surface area contributed by atoms with E-state index >= 15 is 0 Å². The van der Waals surface area contributed by atoms with E-state index in [0.29, 0.717) is 31.8 Å². The van der Waals surface area contributed by atoms with Gasteiger partial charge in [-0.2, -0.15) is 0 Å². The van der Waals surface area contributed by atoms with E-state index in [2.05, 4.69) is 0 Å². The van der Waals surface area contributed by atoms with E-state index in [1.807, 2.05) is 20.8 Å². The Kier molecular flexibility index (Phi) is 4.33. The fraction of sp³-hybridized carbons (Fsp3) is 0.833. The van der Waals surface area contributed by atoms with E-state index in [1.54, 1.807) is 4.90 Å². The molecule has 0 aromatic rings. The Morgan fingerprint density at radius 3 is 2.50 bits per heavy atom. The van der Waals surface area contributed by atoms with Crippen molar-refractivity contribution in [3.63, 3.8) is 0 Å². The molecule has 2 unspecified atom stereocenters. The summed E-state index contributed by atoms with van der Waals surface area (Å²) in [4.78, 5) is 24.5. The minimum absolute atomic E-state index is 0.0906. The van der Waals surface area contributed by atoms with Gasteiger partial charge in [0.1, 0.15) is 0 Å². The summed E-state index contributed by atoms with van der Waals surface area (Å²) in [5, 5.41) is 9.00. The molecule has 1 aliphatic heterocycles. The van der Waals surface area contributed by atoms with Crippen LogP contribution in [0, 0.1) is 17.8 Å². The summed E-state index contributed by atoms with van der Waals surface area (Å²) in [6.07, 6.45) is 1.19. The first kappa shape index (κ1) is 13.0. The molecule has 1 amide bonds. The number of nitrogens with zero attached hydrogens (tertiary/aromatic N) is 1. The summed E-state index contributed by atoms with van der Waals surface area (Å²) in [6.45, 7) is 7.09. The standard InChI is InChI=1S/C12H21NO3/c1-8(2)4-11(14)13-6-9(3)5-10(7-13)12(15)16/h8-10H,4-7H2,1-3H3,(H,15,16). The molecule has 4 heteroatoms. The number of carbonyl (C=O) groups is 2. The Morgan fingerprint density at radius 2 is 2.00 bits per heavy atom. The third-order valence-corrected chi connectivity index (χ3v) is 2.94. The number of aliphatic carboxylic acids is 1. The molecule has 92 valence electrons. The SMILES string of the molecule is CC(C)CC(=O)N1CC(C)CC(C(=O)O)C1. The van der Waals surface area contributed by atoms with Crippen LogP contribution in [0.5, 0.6) is 0 Å². The van der Waals surface area contributed by atoms with E-state index in [0.717, 1.165) is 0 Å². The quantitative estimate of drug-likeness (QED) is 0.796. The van der Waals surface area contributed by atoms with E-state index < -0.39 is 5.97 Å². The maximum absolute atomic E-state index is 11.9. The van der Waals surface area contributed by atoms with Crippen molar-refractivity contribution in [3.05, 3.63) is 0 Å². The summed E-state index contributed by atoms with van der Waals surface area (Å²) in [6, 6.07) is 0. The molecule has 0 aromatic carbocycles. The molecule has 1 saturated heterocycles. The lowest BCUT2D eigenvalue weighted by atomic mass is 9.90. The average molecular weight is 227 g/mol. The third-order valence-electron chi connectivity index (χ3n) is 2.94. The molecule has 0 spiro atoms.